The number of carbonyl (C=O) groups excluding carboxylic acids is 2. The minimum atomic E-state index is 0.0426. The molecule has 0 aromatic heterocycles. The first kappa shape index (κ1) is 14.8. The van der Waals surface area contributed by atoms with Crippen molar-refractivity contribution in [1.82, 2.24) is 10.2 Å². The smallest absolute Gasteiger partial charge is 0.225 e. The van der Waals surface area contributed by atoms with E-state index in [4.69, 9.17) is 4.74 Å². The van der Waals surface area contributed by atoms with Crippen molar-refractivity contribution in [3.05, 3.63) is 0 Å². The maximum atomic E-state index is 12.7. The number of likely N-dealkylation sites (tertiary alicyclic amines) is 1. The minimum absolute atomic E-state index is 0.0426. The second-order valence-corrected chi connectivity index (χ2v) is 6.82. The molecule has 0 aromatic rings. The van der Waals surface area contributed by atoms with Crippen molar-refractivity contribution in [2.24, 2.45) is 17.3 Å². The third-order valence-electron chi connectivity index (χ3n) is 5.74. The quantitative estimate of drug-likeness (QED) is 0.832. The minimum Gasteiger partial charge on any atom is -0.381 e. The Morgan fingerprint density at radius 1 is 1.19 bits per heavy atom. The second-order valence-electron chi connectivity index (χ2n) is 6.82. The average Bonchev–Trinajstić information content (AvgIpc) is 3.14. The van der Waals surface area contributed by atoms with Crippen molar-refractivity contribution in [3.8, 4) is 0 Å². The third-order valence-corrected chi connectivity index (χ3v) is 5.74. The maximum Gasteiger partial charge on any atom is 0.225 e. The fraction of sp³-hybridized carbons (Fsp3) is 0.875. The molecule has 3 aliphatic rings. The lowest BCUT2D eigenvalue weighted by molar-refractivity contribution is -0.138. The first-order valence-electron chi connectivity index (χ1n) is 8.24. The third kappa shape index (κ3) is 2.68. The Hall–Kier alpha value is -1.10. The summed E-state index contributed by atoms with van der Waals surface area (Å²) >= 11 is 0. The number of nitrogens with one attached hydrogen (secondary N) is 1. The van der Waals surface area contributed by atoms with Crippen LogP contribution in [0.3, 0.4) is 0 Å². The summed E-state index contributed by atoms with van der Waals surface area (Å²) in [5.41, 5.74) is 0.0426. The molecule has 0 aromatic carbocycles. The summed E-state index contributed by atoms with van der Waals surface area (Å²) in [6.07, 6.45) is 5.85. The van der Waals surface area contributed by atoms with Crippen LogP contribution in [0, 0.1) is 17.3 Å². The number of hydrogen-bond acceptors (Lipinski definition) is 3. The summed E-state index contributed by atoms with van der Waals surface area (Å²) in [5, 5.41) is 2.81. The number of hydrogen-bond donors (Lipinski definition) is 1. The molecule has 3 fully saturated rings. The van der Waals surface area contributed by atoms with Crippen LogP contribution in [0.5, 0.6) is 0 Å². The van der Waals surface area contributed by atoms with Gasteiger partial charge in [0.1, 0.15) is 0 Å². The van der Waals surface area contributed by atoms with Crippen LogP contribution in [0.25, 0.3) is 0 Å². The molecule has 3 rings (SSSR count). The standard InChI is InChI=1S/C16H26N2O3/c1-17-14(19)13-3-2-6-16(13)7-8-18(11-16)15(20)12-4-9-21-10-5-12/h12-13H,2-11H2,1H3,(H,17,19)/t13-,16-/m1/s1. The molecule has 2 aliphatic heterocycles. The van der Waals surface area contributed by atoms with Gasteiger partial charge in [-0.2, -0.15) is 0 Å². The van der Waals surface area contributed by atoms with Crippen molar-refractivity contribution in [3.63, 3.8) is 0 Å². The van der Waals surface area contributed by atoms with E-state index in [0.29, 0.717) is 13.2 Å². The summed E-state index contributed by atoms with van der Waals surface area (Å²) in [5.74, 6) is 0.675. The van der Waals surface area contributed by atoms with Gasteiger partial charge in [0.25, 0.3) is 0 Å². The van der Waals surface area contributed by atoms with Gasteiger partial charge in [-0.05, 0) is 32.1 Å². The molecule has 2 heterocycles. The van der Waals surface area contributed by atoms with Gasteiger partial charge < -0.3 is 15.0 Å². The predicted octanol–water partition coefficient (Wildman–Crippen LogP) is 1.18. The maximum absolute atomic E-state index is 12.7. The van der Waals surface area contributed by atoms with Gasteiger partial charge >= 0.3 is 0 Å². The van der Waals surface area contributed by atoms with Crippen LogP contribution in [-0.4, -0.2) is 50.1 Å². The normalized spacial score (nSPS) is 33.6. The van der Waals surface area contributed by atoms with Crippen LogP contribution in [0.15, 0.2) is 0 Å². The fourth-order valence-electron chi connectivity index (χ4n) is 4.50. The lowest BCUT2D eigenvalue weighted by atomic mass is 9.76. The van der Waals surface area contributed by atoms with E-state index >= 15 is 0 Å². The SMILES string of the molecule is CNC(=O)[C@H]1CCC[C@]12CCN(C(=O)C1CCOCC1)C2. The van der Waals surface area contributed by atoms with Gasteiger partial charge in [0, 0.05) is 50.6 Å². The zero-order chi connectivity index (χ0) is 14.9. The fourth-order valence-corrected chi connectivity index (χ4v) is 4.50. The average molecular weight is 294 g/mol. The molecule has 1 saturated carbocycles. The molecule has 118 valence electrons. The highest BCUT2D eigenvalue weighted by Gasteiger charge is 2.51. The zero-order valence-corrected chi connectivity index (χ0v) is 12.9. The Kier molecular flexibility index (Phi) is 4.20. The van der Waals surface area contributed by atoms with Gasteiger partial charge in [0.15, 0.2) is 0 Å². The number of amides is 2. The van der Waals surface area contributed by atoms with Crippen LogP contribution < -0.4 is 5.32 Å². The molecule has 2 atom stereocenters. The highest BCUT2D eigenvalue weighted by Crippen LogP contribution is 2.50. The molecular formula is C16H26N2O3. The first-order valence-corrected chi connectivity index (χ1v) is 8.24. The molecule has 0 unspecified atom stereocenters. The van der Waals surface area contributed by atoms with Crippen LogP contribution in [0.1, 0.15) is 38.5 Å². The van der Waals surface area contributed by atoms with Crippen molar-refractivity contribution >= 4 is 11.8 Å². The van der Waals surface area contributed by atoms with Crippen molar-refractivity contribution < 1.29 is 14.3 Å². The van der Waals surface area contributed by atoms with Crippen LogP contribution in [-0.2, 0) is 14.3 Å². The van der Waals surface area contributed by atoms with E-state index < -0.39 is 0 Å². The lowest BCUT2D eigenvalue weighted by Crippen LogP contribution is -2.42. The molecule has 1 N–H and O–H groups in total. The molecule has 5 heteroatoms. The molecule has 2 amide bonds. The molecule has 21 heavy (non-hydrogen) atoms. The number of nitrogens with zero attached hydrogens (tertiary/aromatic N) is 1. The topological polar surface area (TPSA) is 58.6 Å². The molecular weight excluding hydrogens is 268 g/mol. The van der Waals surface area contributed by atoms with Crippen LogP contribution >= 0.6 is 0 Å². The summed E-state index contributed by atoms with van der Waals surface area (Å²) in [6, 6.07) is 0. The Balaban J connectivity index is 1.66. The highest BCUT2D eigenvalue weighted by atomic mass is 16.5. The second kappa shape index (κ2) is 5.95. The van der Waals surface area contributed by atoms with E-state index in [1.54, 1.807) is 7.05 Å². The molecule has 1 aliphatic carbocycles. The molecule has 1 spiro atoms. The van der Waals surface area contributed by atoms with Gasteiger partial charge in [0.2, 0.25) is 11.8 Å². The van der Waals surface area contributed by atoms with E-state index in [-0.39, 0.29) is 29.1 Å². The largest absolute Gasteiger partial charge is 0.381 e. The predicted molar refractivity (Wildman–Crippen MR) is 78.6 cm³/mol. The summed E-state index contributed by atoms with van der Waals surface area (Å²) in [6.45, 7) is 3.01. The Morgan fingerprint density at radius 2 is 1.95 bits per heavy atom. The zero-order valence-electron chi connectivity index (χ0n) is 12.9. The van der Waals surface area contributed by atoms with E-state index in [2.05, 4.69) is 5.32 Å². The highest BCUT2D eigenvalue weighted by molar-refractivity contribution is 5.81. The monoisotopic (exact) mass is 294 g/mol. The summed E-state index contributed by atoms with van der Waals surface area (Å²) in [4.78, 5) is 26.8. The van der Waals surface area contributed by atoms with E-state index in [1.165, 1.54) is 0 Å². The molecule has 0 radical (unpaired) electrons. The number of ether oxygens (including phenoxy) is 1. The van der Waals surface area contributed by atoms with Crippen molar-refractivity contribution in [2.45, 2.75) is 38.5 Å². The number of rotatable bonds is 2. The Bertz CT molecular complexity index is 420. The van der Waals surface area contributed by atoms with Gasteiger partial charge in [0.05, 0.1) is 0 Å². The number of carbonyl (C=O) groups is 2. The van der Waals surface area contributed by atoms with Gasteiger partial charge in [-0.3, -0.25) is 9.59 Å². The van der Waals surface area contributed by atoms with Crippen LogP contribution in [0.4, 0.5) is 0 Å². The molecule has 0 bridgehead atoms. The molecule has 2 saturated heterocycles. The van der Waals surface area contributed by atoms with E-state index in [0.717, 1.165) is 51.6 Å². The van der Waals surface area contributed by atoms with E-state index in [1.807, 2.05) is 4.90 Å². The van der Waals surface area contributed by atoms with Gasteiger partial charge in [-0.1, -0.05) is 6.42 Å². The summed E-state index contributed by atoms with van der Waals surface area (Å²) < 4.78 is 5.35. The summed E-state index contributed by atoms with van der Waals surface area (Å²) in [7, 11) is 1.72. The van der Waals surface area contributed by atoms with Crippen molar-refractivity contribution in [2.75, 3.05) is 33.4 Å². The Labute approximate surface area is 126 Å². The first-order chi connectivity index (χ1) is 10.2. The van der Waals surface area contributed by atoms with E-state index in [9.17, 15) is 9.59 Å². The van der Waals surface area contributed by atoms with Crippen molar-refractivity contribution in [1.29, 1.82) is 0 Å². The van der Waals surface area contributed by atoms with Gasteiger partial charge in [-0.15, -0.1) is 0 Å². The van der Waals surface area contributed by atoms with Crippen LogP contribution in [0.2, 0.25) is 0 Å². The van der Waals surface area contributed by atoms with Gasteiger partial charge in [-0.25, -0.2) is 0 Å². The molecule has 5 nitrogen and oxygen atoms in total. The Morgan fingerprint density at radius 3 is 2.67 bits per heavy atom. The lowest BCUT2D eigenvalue weighted by Gasteiger charge is -2.31.